The predicted molar refractivity (Wildman–Crippen MR) is 177 cm³/mol. The summed E-state index contributed by atoms with van der Waals surface area (Å²) in [6.45, 7) is 7.84. The van der Waals surface area contributed by atoms with Gasteiger partial charge in [0.2, 0.25) is 11.8 Å². The highest BCUT2D eigenvalue weighted by Gasteiger charge is 2.27. The number of benzene rings is 2. The molecule has 2 aromatic heterocycles. The average molecular weight is 623 g/mol. The van der Waals surface area contributed by atoms with E-state index in [1.807, 2.05) is 100 Å². The molecule has 0 bridgehead atoms. The highest BCUT2D eigenvalue weighted by molar-refractivity contribution is 5.92. The zero-order valence-corrected chi connectivity index (χ0v) is 26.9. The Bertz CT molecular complexity index is 1490. The number of nitrogens with one attached hydrogen (secondary N) is 2. The molecule has 1 aliphatic carbocycles. The van der Waals surface area contributed by atoms with Gasteiger partial charge in [-0.2, -0.15) is 10.2 Å². The number of rotatable bonds is 12. The molecular formula is C36H42N6O4. The molecule has 46 heavy (non-hydrogen) atoms. The van der Waals surface area contributed by atoms with Crippen molar-refractivity contribution in [2.24, 2.45) is 0 Å². The normalized spacial score (nSPS) is 16.2. The Balaban J connectivity index is 1.14. The van der Waals surface area contributed by atoms with Crippen molar-refractivity contribution < 1.29 is 19.1 Å². The molecule has 5 rings (SSSR count). The fourth-order valence-electron chi connectivity index (χ4n) is 5.74. The van der Waals surface area contributed by atoms with Gasteiger partial charge in [0.15, 0.2) is 11.6 Å². The van der Waals surface area contributed by atoms with Crippen molar-refractivity contribution in [2.75, 3.05) is 10.6 Å². The number of carbonyl (C=O) groups excluding carboxylic acids is 2. The van der Waals surface area contributed by atoms with Gasteiger partial charge in [-0.1, -0.05) is 42.8 Å². The Morgan fingerprint density at radius 1 is 0.652 bits per heavy atom. The number of carbonyl (C=O) groups is 2. The molecule has 0 spiro atoms. The third-order valence-electron chi connectivity index (χ3n) is 7.79. The van der Waals surface area contributed by atoms with Gasteiger partial charge in [0.25, 0.3) is 0 Å². The Kier molecular flexibility index (Phi) is 10.9. The van der Waals surface area contributed by atoms with Gasteiger partial charge in [0, 0.05) is 23.0 Å². The number of ether oxygens (including phenoxy) is 2. The quantitative estimate of drug-likeness (QED) is 0.180. The summed E-state index contributed by atoms with van der Waals surface area (Å²) >= 11 is 0. The Labute approximate surface area is 270 Å². The van der Waals surface area contributed by atoms with Crippen molar-refractivity contribution in [2.45, 2.75) is 90.3 Å². The molecule has 1 saturated carbocycles. The van der Waals surface area contributed by atoms with Crippen LogP contribution in [0.4, 0.5) is 11.6 Å². The van der Waals surface area contributed by atoms with Crippen LogP contribution in [0.5, 0.6) is 11.5 Å². The molecule has 10 heteroatoms. The minimum absolute atomic E-state index is 0.0192. The van der Waals surface area contributed by atoms with E-state index in [2.05, 4.69) is 31.0 Å². The van der Waals surface area contributed by atoms with Gasteiger partial charge in [0.05, 0.1) is 36.4 Å². The summed E-state index contributed by atoms with van der Waals surface area (Å²) in [5.74, 6) is 2.35. The first-order valence-corrected chi connectivity index (χ1v) is 16.0. The lowest BCUT2D eigenvalue weighted by molar-refractivity contribution is -0.116. The van der Waals surface area contributed by atoms with Crippen LogP contribution in [0.15, 0.2) is 72.8 Å². The van der Waals surface area contributed by atoms with E-state index in [0.717, 1.165) is 48.2 Å². The van der Waals surface area contributed by atoms with Crippen molar-refractivity contribution in [3.63, 3.8) is 0 Å². The molecule has 240 valence electrons. The number of para-hydroxylation sites is 2. The van der Waals surface area contributed by atoms with E-state index in [4.69, 9.17) is 9.47 Å². The van der Waals surface area contributed by atoms with Crippen molar-refractivity contribution in [3.8, 4) is 11.5 Å². The minimum Gasteiger partial charge on any atom is -0.491 e. The summed E-state index contributed by atoms with van der Waals surface area (Å²) in [6.07, 6.45) is 4.32. The number of nitrogens with zero attached hydrogens (tertiary/aromatic N) is 4. The maximum Gasteiger partial charge on any atom is 0.230 e. The van der Waals surface area contributed by atoms with E-state index < -0.39 is 0 Å². The van der Waals surface area contributed by atoms with E-state index in [9.17, 15) is 9.59 Å². The molecule has 1 aliphatic rings. The lowest BCUT2D eigenvalue weighted by Crippen LogP contribution is -2.19. The van der Waals surface area contributed by atoms with Crippen LogP contribution in [0.2, 0.25) is 0 Å². The molecule has 1 fully saturated rings. The van der Waals surface area contributed by atoms with Crippen LogP contribution < -0.4 is 20.1 Å². The number of hydrogen-bond acceptors (Lipinski definition) is 8. The van der Waals surface area contributed by atoms with E-state index in [1.54, 1.807) is 0 Å². The van der Waals surface area contributed by atoms with Gasteiger partial charge in [-0.05, 0) is 83.4 Å². The maximum atomic E-state index is 12.7. The van der Waals surface area contributed by atoms with Crippen LogP contribution >= 0.6 is 0 Å². The van der Waals surface area contributed by atoms with Gasteiger partial charge in [0.1, 0.15) is 11.5 Å². The van der Waals surface area contributed by atoms with Gasteiger partial charge in [-0.3, -0.25) is 9.59 Å². The van der Waals surface area contributed by atoms with Crippen LogP contribution in [0.25, 0.3) is 0 Å². The van der Waals surface area contributed by atoms with Crippen LogP contribution in [0, 0.1) is 0 Å². The molecule has 2 amide bonds. The van der Waals surface area contributed by atoms with Crippen molar-refractivity contribution >= 4 is 23.5 Å². The fraction of sp³-hybridized carbons (Fsp3) is 0.389. The van der Waals surface area contributed by atoms with E-state index in [0.29, 0.717) is 23.1 Å². The van der Waals surface area contributed by atoms with Crippen LogP contribution in [-0.2, 0) is 22.4 Å². The zero-order valence-electron chi connectivity index (χ0n) is 26.9. The first-order chi connectivity index (χ1) is 22.2. The highest BCUT2D eigenvalue weighted by Crippen LogP contribution is 2.40. The first-order valence-electron chi connectivity index (χ1n) is 16.0. The second kappa shape index (κ2) is 15.4. The molecule has 0 saturated heterocycles. The molecule has 4 aromatic rings. The predicted octanol–water partition coefficient (Wildman–Crippen LogP) is 6.64. The largest absolute Gasteiger partial charge is 0.491 e. The average Bonchev–Trinajstić information content (AvgIpc) is 3.03. The lowest BCUT2D eigenvalue weighted by atomic mass is 9.78. The summed E-state index contributed by atoms with van der Waals surface area (Å²) in [4.78, 5) is 25.5. The summed E-state index contributed by atoms with van der Waals surface area (Å²) in [5, 5.41) is 23.3. The Morgan fingerprint density at radius 3 is 1.48 bits per heavy atom. The molecule has 0 aliphatic heterocycles. The summed E-state index contributed by atoms with van der Waals surface area (Å²) in [5.41, 5.74) is 3.44. The number of aromatic nitrogens is 4. The molecule has 0 radical (unpaired) electrons. The molecule has 2 atom stereocenters. The first kappa shape index (κ1) is 32.5. The van der Waals surface area contributed by atoms with Crippen molar-refractivity contribution in [1.82, 2.24) is 20.4 Å². The number of hydrogen-bond donors (Lipinski definition) is 2. The highest BCUT2D eigenvalue weighted by atomic mass is 16.5. The van der Waals surface area contributed by atoms with Gasteiger partial charge in [-0.15, -0.1) is 10.2 Å². The molecule has 2 heterocycles. The fourth-order valence-corrected chi connectivity index (χ4v) is 5.74. The van der Waals surface area contributed by atoms with E-state index in [-0.39, 0.29) is 48.7 Å². The third kappa shape index (κ3) is 9.09. The minimum atomic E-state index is -0.178. The summed E-state index contributed by atoms with van der Waals surface area (Å²) in [6, 6.07) is 22.6. The number of amides is 2. The zero-order chi connectivity index (χ0) is 32.5. The van der Waals surface area contributed by atoms with Crippen LogP contribution in [-0.4, -0.2) is 44.4 Å². The van der Waals surface area contributed by atoms with Gasteiger partial charge >= 0.3 is 0 Å². The van der Waals surface area contributed by atoms with E-state index in [1.165, 1.54) is 0 Å². The van der Waals surface area contributed by atoms with Crippen molar-refractivity contribution in [3.05, 3.63) is 95.3 Å². The molecule has 0 unspecified atom stereocenters. The molecule has 2 N–H and O–H groups in total. The molecular weight excluding hydrogens is 580 g/mol. The van der Waals surface area contributed by atoms with Crippen LogP contribution in [0.3, 0.4) is 0 Å². The topological polar surface area (TPSA) is 128 Å². The van der Waals surface area contributed by atoms with Gasteiger partial charge in [-0.25, -0.2) is 0 Å². The monoisotopic (exact) mass is 622 g/mol. The summed E-state index contributed by atoms with van der Waals surface area (Å²) in [7, 11) is 0. The van der Waals surface area contributed by atoms with E-state index >= 15 is 0 Å². The van der Waals surface area contributed by atoms with Crippen LogP contribution in [0.1, 0.15) is 87.7 Å². The Hall–Kier alpha value is -4.86. The SMILES string of the molecule is CC(C)Oc1ccccc1CC(=O)Nc1ccc([C@H]2CCC[C@H](c3ccc(NC(=O)Cc4ccccc4OC(C)C)nn3)C2)nn1. The van der Waals surface area contributed by atoms with Crippen molar-refractivity contribution in [1.29, 1.82) is 0 Å². The summed E-state index contributed by atoms with van der Waals surface area (Å²) < 4.78 is 11.7. The standard InChI is InChI=1S/C36H42N6O4/c1-23(2)45-31-14-7-5-10-27(31)21-35(43)37-33-18-16-29(39-41-33)25-12-9-13-26(20-25)30-17-19-34(42-40-30)38-36(44)22-28-11-6-8-15-32(28)46-24(3)4/h5-8,10-11,14-19,23-26H,9,12-13,20-22H2,1-4H3,(H,37,41,43)(H,38,42,44)/t25-,26-/m0/s1. The Morgan fingerprint density at radius 2 is 1.09 bits per heavy atom. The second-order valence-electron chi connectivity index (χ2n) is 12.2. The second-order valence-corrected chi connectivity index (χ2v) is 12.2. The van der Waals surface area contributed by atoms with Gasteiger partial charge < -0.3 is 20.1 Å². The molecule has 2 aromatic carbocycles. The molecule has 10 nitrogen and oxygen atoms in total. The lowest BCUT2D eigenvalue weighted by Gasteiger charge is -2.28. The number of anilines is 2. The smallest absolute Gasteiger partial charge is 0.230 e. The maximum absolute atomic E-state index is 12.7. The third-order valence-corrected chi connectivity index (χ3v) is 7.79.